The fourth-order valence-corrected chi connectivity index (χ4v) is 3.90. The van der Waals surface area contributed by atoms with Crippen LogP contribution in [0, 0.1) is 20.8 Å². The molecule has 0 atom stereocenters. The summed E-state index contributed by atoms with van der Waals surface area (Å²) >= 11 is 0. The topological polar surface area (TPSA) is 61.9 Å². The Balaban J connectivity index is 1.55. The lowest BCUT2D eigenvalue weighted by Gasteiger charge is -2.36. The molecule has 3 rings (SSSR count). The van der Waals surface area contributed by atoms with E-state index >= 15 is 0 Å². The molecule has 2 amide bonds. The molecule has 6 heteroatoms. The lowest BCUT2D eigenvalue weighted by Crippen LogP contribution is -2.49. The fraction of sp³-hybridized carbons (Fsp3) is 0.391. The molecule has 0 aromatic heterocycles. The van der Waals surface area contributed by atoms with Crippen molar-refractivity contribution in [3.8, 4) is 5.75 Å². The number of hydrogen-bond donors (Lipinski definition) is 1. The van der Waals surface area contributed by atoms with E-state index in [1.165, 1.54) is 0 Å². The number of nitrogens with zero attached hydrogens (tertiary/aromatic N) is 2. The number of nitrogens with one attached hydrogen (secondary N) is 1. The maximum Gasteiger partial charge on any atom is 0.233 e. The first kappa shape index (κ1) is 20.7. The zero-order valence-electron chi connectivity index (χ0n) is 17.6. The number of ether oxygens (including phenoxy) is 1. The highest BCUT2D eigenvalue weighted by molar-refractivity contribution is 6.04. The maximum absolute atomic E-state index is 12.6. The average Bonchev–Trinajstić information content (AvgIpc) is 2.70. The van der Waals surface area contributed by atoms with E-state index < -0.39 is 0 Å². The molecular formula is C23H29N3O3. The van der Waals surface area contributed by atoms with Gasteiger partial charge in [-0.15, -0.1) is 0 Å². The Labute approximate surface area is 172 Å². The van der Waals surface area contributed by atoms with Gasteiger partial charge in [0.25, 0.3) is 0 Å². The van der Waals surface area contributed by atoms with E-state index in [0.29, 0.717) is 26.2 Å². The minimum atomic E-state index is -0.266. The monoisotopic (exact) mass is 395 g/mol. The van der Waals surface area contributed by atoms with Crippen LogP contribution >= 0.6 is 0 Å². The Morgan fingerprint density at radius 2 is 1.62 bits per heavy atom. The first-order valence-corrected chi connectivity index (χ1v) is 9.92. The highest BCUT2D eigenvalue weighted by atomic mass is 16.5. The van der Waals surface area contributed by atoms with Crippen LogP contribution in [0.3, 0.4) is 0 Å². The van der Waals surface area contributed by atoms with E-state index in [1.807, 2.05) is 57.2 Å². The predicted molar refractivity (Wildman–Crippen MR) is 116 cm³/mol. The van der Waals surface area contributed by atoms with Gasteiger partial charge >= 0.3 is 0 Å². The molecule has 29 heavy (non-hydrogen) atoms. The lowest BCUT2D eigenvalue weighted by molar-refractivity contribution is -0.134. The zero-order chi connectivity index (χ0) is 21.0. The number of rotatable bonds is 5. The van der Waals surface area contributed by atoms with Crippen molar-refractivity contribution < 1.29 is 14.3 Å². The molecule has 0 unspecified atom stereocenters. The van der Waals surface area contributed by atoms with Gasteiger partial charge in [0.15, 0.2) is 0 Å². The molecule has 0 radical (unpaired) electrons. The number of hydrogen-bond acceptors (Lipinski definition) is 4. The number of para-hydroxylation sites is 2. The molecule has 154 valence electrons. The van der Waals surface area contributed by atoms with E-state index in [9.17, 15) is 9.59 Å². The van der Waals surface area contributed by atoms with Gasteiger partial charge in [-0.2, -0.15) is 0 Å². The molecule has 0 aliphatic carbocycles. The standard InChI is InChI=1S/C23H29N3O3/c1-16-13-17(2)23(18(3)14-16)24-21(27)15-22(28)26-11-9-25(10-12-26)19-7-5-6-8-20(19)29-4/h5-8,13-14H,9-12,15H2,1-4H3,(H,24,27). The minimum Gasteiger partial charge on any atom is -0.495 e. The van der Waals surface area contributed by atoms with Crippen molar-refractivity contribution >= 4 is 23.2 Å². The summed E-state index contributed by atoms with van der Waals surface area (Å²) in [6.45, 7) is 8.57. The highest BCUT2D eigenvalue weighted by Gasteiger charge is 2.24. The van der Waals surface area contributed by atoms with Crippen LogP contribution in [0.4, 0.5) is 11.4 Å². The molecule has 6 nitrogen and oxygen atoms in total. The number of aryl methyl sites for hydroxylation is 3. The van der Waals surface area contributed by atoms with Gasteiger partial charge in [0.05, 0.1) is 12.8 Å². The van der Waals surface area contributed by atoms with Gasteiger partial charge in [-0.25, -0.2) is 0 Å². The Hall–Kier alpha value is -3.02. The number of piperazine rings is 1. The largest absolute Gasteiger partial charge is 0.495 e. The van der Waals surface area contributed by atoms with E-state index in [2.05, 4.69) is 10.2 Å². The third-order valence-corrected chi connectivity index (χ3v) is 5.31. The van der Waals surface area contributed by atoms with Crippen molar-refractivity contribution in [3.05, 3.63) is 53.1 Å². The normalized spacial score (nSPS) is 13.9. The van der Waals surface area contributed by atoms with Gasteiger partial charge in [0.2, 0.25) is 11.8 Å². The van der Waals surface area contributed by atoms with Gasteiger partial charge in [0.1, 0.15) is 12.2 Å². The molecule has 1 aliphatic rings. The fourth-order valence-electron chi connectivity index (χ4n) is 3.90. The summed E-state index contributed by atoms with van der Waals surface area (Å²) in [5.41, 5.74) is 5.00. The SMILES string of the molecule is COc1ccccc1N1CCN(C(=O)CC(=O)Nc2c(C)cc(C)cc2C)CC1. The molecule has 1 N–H and O–H groups in total. The molecule has 1 saturated heterocycles. The molecule has 0 saturated carbocycles. The molecule has 2 aromatic rings. The highest BCUT2D eigenvalue weighted by Crippen LogP contribution is 2.28. The van der Waals surface area contributed by atoms with E-state index in [4.69, 9.17) is 4.74 Å². The lowest BCUT2D eigenvalue weighted by atomic mass is 10.0. The Bertz CT molecular complexity index is 879. The summed E-state index contributed by atoms with van der Waals surface area (Å²) in [4.78, 5) is 29.0. The first-order valence-electron chi connectivity index (χ1n) is 9.92. The molecule has 2 aromatic carbocycles. The molecule has 0 bridgehead atoms. The average molecular weight is 396 g/mol. The summed E-state index contributed by atoms with van der Waals surface area (Å²) in [5.74, 6) is 0.428. The summed E-state index contributed by atoms with van der Waals surface area (Å²) in [6.07, 6.45) is -0.137. The molecule has 1 aliphatic heterocycles. The van der Waals surface area contributed by atoms with Crippen molar-refractivity contribution in [1.29, 1.82) is 0 Å². The predicted octanol–water partition coefficient (Wildman–Crippen LogP) is 3.30. The quantitative estimate of drug-likeness (QED) is 0.789. The van der Waals surface area contributed by atoms with E-state index in [0.717, 1.165) is 33.8 Å². The number of carbonyl (C=O) groups is 2. The number of benzene rings is 2. The Morgan fingerprint density at radius 3 is 2.24 bits per heavy atom. The third-order valence-electron chi connectivity index (χ3n) is 5.31. The summed E-state index contributed by atoms with van der Waals surface area (Å²) < 4.78 is 5.43. The molecule has 0 spiro atoms. The number of carbonyl (C=O) groups excluding carboxylic acids is 2. The van der Waals surface area contributed by atoms with Gasteiger partial charge in [-0.3, -0.25) is 9.59 Å². The van der Waals surface area contributed by atoms with Crippen LogP contribution in [0.2, 0.25) is 0 Å². The van der Waals surface area contributed by atoms with Gasteiger partial charge < -0.3 is 19.9 Å². The van der Waals surface area contributed by atoms with Crippen LogP contribution in [0.15, 0.2) is 36.4 Å². The van der Waals surface area contributed by atoms with Crippen LogP contribution in [-0.2, 0) is 9.59 Å². The summed E-state index contributed by atoms with van der Waals surface area (Å²) in [7, 11) is 1.66. The number of anilines is 2. The Kier molecular flexibility index (Phi) is 6.42. The zero-order valence-corrected chi connectivity index (χ0v) is 17.6. The second-order valence-electron chi connectivity index (χ2n) is 7.54. The van der Waals surface area contributed by atoms with Crippen LogP contribution in [0.1, 0.15) is 23.1 Å². The Morgan fingerprint density at radius 1 is 1.00 bits per heavy atom. The second-order valence-corrected chi connectivity index (χ2v) is 7.54. The third kappa shape index (κ3) is 4.88. The van der Waals surface area contributed by atoms with Crippen molar-refractivity contribution in [2.45, 2.75) is 27.2 Å². The van der Waals surface area contributed by atoms with E-state index in [-0.39, 0.29) is 18.2 Å². The summed E-state index contributed by atoms with van der Waals surface area (Å²) in [5, 5.41) is 2.91. The van der Waals surface area contributed by atoms with E-state index in [1.54, 1.807) is 12.0 Å². The maximum atomic E-state index is 12.6. The molecular weight excluding hydrogens is 366 g/mol. The van der Waals surface area contributed by atoms with Crippen molar-refractivity contribution in [2.75, 3.05) is 43.5 Å². The number of methoxy groups -OCH3 is 1. The number of amides is 2. The van der Waals surface area contributed by atoms with Crippen LogP contribution < -0.4 is 15.0 Å². The van der Waals surface area contributed by atoms with Crippen LogP contribution in [-0.4, -0.2) is 50.0 Å². The minimum absolute atomic E-state index is 0.135. The second kappa shape index (κ2) is 8.99. The van der Waals surface area contributed by atoms with Gasteiger partial charge in [-0.1, -0.05) is 29.8 Å². The van der Waals surface area contributed by atoms with Crippen LogP contribution in [0.25, 0.3) is 0 Å². The summed E-state index contributed by atoms with van der Waals surface area (Å²) in [6, 6.07) is 11.9. The first-order chi connectivity index (χ1) is 13.9. The molecule has 1 fully saturated rings. The van der Waals surface area contributed by atoms with Crippen molar-refractivity contribution in [2.24, 2.45) is 0 Å². The van der Waals surface area contributed by atoms with Gasteiger partial charge in [-0.05, 0) is 44.0 Å². The van der Waals surface area contributed by atoms with Crippen LogP contribution in [0.5, 0.6) is 5.75 Å². The smallest absolute Gasteiger partial charge is 0.233 e. The van der Waals surface area contributed by atoms with Crippen molar-refractivity contribution in [3.63, 3.8) is 0 Å². The van der Waals surface area contributed by atoms with Gasteiger partial charge in [0, 0.05) is 31.9 Å². The molecule has 1 heterocycles. The van der Waals surface area contributed by atoms with Crippen molar-refractivity contribution in [1.82, 2.24) is 4.90 Å².